The number of aliphatic imine (C=N–C) groups is 1. The summed E-state index contributed by atoms with van der Waals surface area (Å²) in [7, 11) is 3.69. The van der Waals surface area contributed by atoms with E-state index in [1.54, 1.807) is 0 Å². The average Bonchev–Trinajstić information content (AvgIpc) is 2.25. The van der Waals surface area contributed by atoms with Crippen LogP contribution >= 0.6 is 0 Å². The van der Waals surface area contributed by atoms with E-state index in [2.05, 4.69) is 57.2 Å². The third kappa shape index (κ3) is 38.1. The molecule has 0 fully saturated rings. The maximum atomic E-state index is 4.22. The predicted octanol–water partition coefficient (Wildman–Crippen LogP) is 4.02. The second kappa shape index (κ2) is 18.2. The molecule has 0 aliphatic carbocycles. The summed E-state index contributed by atoms with van der Waals surface area (Å²) in [6.45, 7) is 18.8. The van der Waals surface area contributed by atoms with Crippen LogP contribution in [0.1, 0.15) is 61.8 Å². The molecule has 3 nitrogen and oxygen atoms in total. The van der Waals surface area contributed by atoms with Gasteiger partial charge in [0.2, 0.25) is 0 Å². The van der Waals surface area contributed by atoms with E-state index >= 15 is 0 Å². The summed E-state index contributed by atoms with van der Waals surface area (Å²) in [5.41, 5.74) is 0.316. The fourth-order valence-corrected chi connectivity index (χ4v) is 0.665. The predicted molar refractivity (Wildman–Crippen MR) is 85.5 cm³/mol. The molecule has 19 heavy (non-hydrogen) atoms. The van der Waals surface area contributed by atoms with Gasteiger partial charge in [0, 0.05) is 38.7 Å². The summed E-state index contributed by atoms with van der Waals surface area (Å²) in [6, 6.07) is 0. The average molecular weight is 346 g/mol. The van der Waals surface area contributed by atoms with Gasteiger partial charge in [-0.25, -0.2) is 0 Å². The molecule has 0 aliphatic heterocycles. The Labute approximate surface area is 147 Å². The Hall–Kier alpha value is 0.244. The van der Waals surface area contributed by atoms with Crippen LogP contribution < -0.4 is 10.6 Å². The van der Waals surface area contributed by atoms with Crippen LogP contribution in [0.2, 0.25) is 0 Å². The number of nitrogens with zero attached hydrogens (tertiary/aromatic N) is 1. The van der Waals surface area contributed by atoms with Gasteiger partial charge in [0.1, 0.15) is 0 Å². The second-order valence-corrected chi connectivity index (χ2v) is 5.43. The van der Waals surface area contributed by atoms with Crippen molar-refractivity contribution in [2.75, 3.05) is 14.1 Å². The van der Waals surface area contributed by atoms with Gasteiger partial charge in [-0.1, -0.05) is 41.0 Å². The van der Waals surface area contributed by atoms with Gasteiger partial charge in [-0.2, -0.15) is 20.8 Å². The molecule has 0 bridgehead atoms. The van der Waals surface area contributed by atoms with Crippen molar-refractivity contribution in [3.8, 4) is 0 Å². The molecule has 0 rings (SSSR count). The molecule has 0 amide bonds. The van der Waals surface area contributed by atoms with Crippen molar-refractivity contribution >= 4 is 5.96 Å². The van der Waals surface area contributed by atoms with Crippen molar-refractivity contribution in [1.82, 2.24) is 10.6 Å². The maximum Gasteiger partial charge on any atom is 0.0369 e. The molecule has 0 unspecified atom stereocenters. The van der Waals surface area contributed by atoms with Gasteiger partial charge in [0.05, 0.1) is 0 Å². The maximum absolute atomic E-state index is 4.22. The molecular weight excluding hydrogens is 311 g/mol. The monoisotopic (exact) mass is 346 g/mol. The molecule has 2 N–H and O–H groups in total. The summed E-state index contributed by atoms with van der Waals surface area (Å²) in [4.78, 5) is 4.22. The molecule has 0 aromatic rings. The van der Waals surface area contributed by atoms with Crippen molar-refractivity contribution in [2.24, 2.45) is 10.4 Å². The topological polar surface area (TPSA) is 36.4 Å². The Bertz CT molecular complexity index is 176. The molecular formula is C15H35N3Y-2. The van der Waals surface area contributed by atoms with Gasteiger partial charge in [-0.3, -0.25) is 0 Å². The third-order valence-corrected chi connectivity index (χ3v) is 1.40. The van der Waals surface area contributed by atoms with E-state index in [0.29, 0.717) is 5.41 Å². The van der Waals surface area contributed by atoms with Gasteiger partial charge in [0.15, 0.2) is 0 Å². The summed E-state index contributed by atoms with van der Waals surface area (Å²) < 4.78 is 0. The fourth-order valence-electron chi connectivity index (χ4n) is 0.665. The van der Waals surface area contributed by atoms with Crippen molar-refractivity contribution < 1.29 is 32.7 Å². The van der Waals surface area contributed by atoms with Gasteiger partial charge in [-0.05, 0) is 19.5 Å². The second-order valence-electron chi connectivity index (χ2n) is 5.43. The quantitative estimate of drug-likeness (QED) is 0.450. The first kappa shape index (κ1) is 27.6. The number of hydrogen-bond donors (Lipinski definition) is 2. The van der Waals surface area contributed by atoms with Gasteiger partial charge in [0.25, 0.3) is 0 Å². The van der Waals surface area contributed by atoms with Gasteiger partial charge >= 0.3 is 0 Å². The number of rotatable bonds is 2. The van der Waals surface area contributed by atoms with Crippen LogP contribution in [0.4, 0.5) is 0 Å². The summed E-state index contributed by atoms with van der Waals surface area (Å²) in [5.74, 6) is 2.22. The molecule has 0 aromatic heterocycles. The van der Waals surface area contributed by atoms with E-state index in [1.807, 2.05) is 34.5 Å². The van der Waals surface area contributed by atoms with Crippen LogP contribution in [0.15, 0.2) is 4.99 Å². The number of nitrogens with one attached hydrogen (secondary N) is 2. The molecule has 0 saturated heterocycles. The molecule has 0 saturated carbocycles. The number of hydrogen-bond acceptors (Lipinski definition) is 1. The van der Waals surface area contributed by atoms with E-state index in [0.717, 1.165) is 12.4 Å². The zero-order valence-corrected chi connectivity index (χ0v) is 17.6. The van der Waals surface area contributed by atoms with Crippen LogP contribution in [0.25, 0.3) is 0 Å². The normalized spacial score (nSPS) is 8.79. The largest absolute Gasteiger partial charge is 0.436 e. The zero-order valence-electron chi connectivity index (χ0n) is 14.8. The first-order valence-corrected chi connectivity index (χ1v) is 6.74. The molecule has 4 heteroatoms. The van der Waals surface area contributed by atoms with Crippen molar-refractivity contribution in [2.45, 2.75) is 61.8 Å². The fraction of sp³-hybridized carbons (Fsp3) is 0.800. The zero-order chi connectivity index (χ0) is 15.2. The van der Waals surface area contributed by atoms with Crippen LogP contribution in [-0.2, 0) is 32.7 Å². The van der Waals surface area contributed by atoms with Crippen LogP contribution in [0.5, 0.6) is 0 Å². The molecule has 0 spiro atoms. The van der Waals surface area contributed by atoms with Crippen LogP contribution in [0, 0.1) is 17.9 Å². The van der Waals surface area contributed by atoms with Crippen LogP contribution in [-0.4, -0.2) is 20.1 Å². The minimum atomic E-state index is 0. The van der Waals surface area contributed by atoms with Gasteiger partial charge < -0.3 is 21.5 Å². The summed E-state index contributed by atoms with van der Waals surface area (Å²) in [5, 5.41) is 5.89. The van der Waals surface area contributed by atoms with E-state index in [1.165, 1.54) is 5.92 Å². The molecule has 0 atom stereocenters. The van der Waals surface area contributed by atoms with E-state index < -0.39 is 0 Å². The SMILES string of the molecule is CC.CNC(=N[CH-]CC(C)(C)C)NC.C[C-](C)C.[Y]. The Balaban J connectivity index is -0.000000137. The van der Waals surface area contributed by atoms with E-state index in [4.69, 9.17) is 0 Å². The Morgan fingerprint density at radius 2 is 1.37 bits per heavy atom. The smallest absolute Gasteiger partial charge is 0.0369 e. The summed E-state index contributed by atoms with van der Waals surface area (Å²) >= 11 is 0. The molecule has 1 radical (unpaired) electrons. The molecule has 0 aromatic carbocycles. The molecule has 0 aliphatic rings. The minimum absolute atomic E-state index is 0. The van der Waals surface area contributed by atoms with E-state index in [9.17, 15) is 0 Å². The first-order valence-electron chi connectivity index (χ1n) is 6.74. The Morgan fingerprint density at radius 1 is 1.05 bits per heavy atom. The van der Waals surface area contributed by atoms with Gasteiger partial charge in [-0.15, -0.1) is 6.54 Å². The first-order chi connectivity index (χ1) is 8.22. The minimum Gasteiger partial charge on any atom is -0.436 e. The molecule has 0 heterocycles. The Kier molecular flexibility index (Phi) is 26.5. The van der Waals surface area contributed by atoms with Crippen molar-refractivity contribution in [3.05, 3.63) is 12.5 Å². The van der Waals surface area contributed by atoms with E-state index in [-0.39, 0.29) is 32.7 Å². The Morgan fingerprint density at radius 3 is 1.58 bits per heavy atom. The van der Waals surface area contributed by atoms with Crippen LogP contribution in [0.3, 0.4) is 0 Å². The third-order valence-electron chi connectivity index (χ3n) is 1.40. The summed E-state index contributed by atoms with van der Waals surface area (Å²) in [6.07, 6.45) is 0.986. The molecule has 115 valence electrons. The van der Waals surface area contributed by atoms with Crippen molar-refractivity contribution in [1.29, 1.82) is 0 Å². The van der Waals surface area contributed by atoms with Crippen molar-refractivity contribution in [3.63, 3.8) is 0 Å². The number of guanidine groups is 1. The standard InChI is InChI=1S/C9H20N3.C4H9.C2H6.Y/c1-9(2,3)6-7-12-8(10-4)11-5;1-4(2)3;1-2;/h7H,6H2,1-5H3,(H2,10,11,12);1-3H3;1-2H3;/q2*-1;;.